The number of hydrogen-bond acceptors (Lipinski definition) is 3. The number of aromatic nitrogens is 2. The van der Waals surface area contributed by atoms with Crippen molar-refractivity contribution in [1.29, 1.82) is 0 Å². The summed E-state index contributed by atoms with van der Waals surface area (Å²) in [6, 6.07) is 7.90. The largest absolute Gasteiger partial charge is 0.319 e. The number of rotatable bonds is 2. The summed E-state index contributed by atoms with van der Waals surface area (Å²) in [5, 5.41) is 7.82. The predicted molar refractivity (Wildman–Crippen MR) is 77.7 cm³/mol. The zero-order valence-electron chi connectivity index (χ0n) is 11.0. The summed E-state index contributed by atoms with van der Waals surface area (Å²) in [5.74, 6) is -0.754. The van der Waals surface area contributed by atoms with E-state index in [1.54, 1.807) is 22.9 Å². The van der Waals surface area contributed by atoms with Crippen LogP contribution >= 0.6 is 11.3 Å². The third-order valence-corrected chi connectivity index (χ3v) is 4.24. The van der Waals surface area contributed by atoms with Gasteiger partial charge in [-0.3, -0.25) is 9.48 Å². The summed E-state index contributed by atoms with van der Waals surface area (Å²) >= 11 is 1.34. The molecule has 0 bridgehead atoms. The van der Waals surface area contributed by atoms with Crippen molar-refractivity contribution >= 4 is 33.1 Å². The Morgan fingerprint density at radius 2 is 2.15 bits per heavy atom. The Morgan fingerprint density at radius 1 is 1.40 bits per heavy atom. The Labute approximate surface area is 118 Å². The van der Waals surface area contributed by atoms with E-state index in [1.165, 1.54) is 23.5 Å². The van der Waals surface area contributed by atoms with Crippen molar-refractivity contribution < 1.29 is 9.18 Å². The smallest absolute Gasteiger partial charge is 0.265 e. The average molecular weight is 289 g/mol. The van der Waals surface area contributed by atoms with Crippen molar-refractivity contribution in [3.05, 3.63) is 46.7 Å². The van der Waals surface area contributed by atoms with Gasteiger partial charge in [-0.25, -0.2) is 4.39 Å². The van der Waals surface area contributed by atoms with E-state index in [2.05, 4.69) is 10.4 Å². The molecule has 0 aliphatic rings. The number of aryl methyl sites for hydroxylation is 2. The monoisotopic (exact) mass is 289 g/mol. The molecular weight excluding hydrogens is 277 g/mol. The number of para-hydroxylation sites is 1. The maximum Gasteiger partial charge on any atom is 0.265 e. The highest BCUT2D eigenvalue weighted by Crippen LogP contribution is 2.28. The fourth-order valence-corrected chi connectivity index (χ4v) is 3.08. The van der Waals surface area contributed by atoms with Crippen molar-refractivity contribution in [2.45, 2.75) is 6.92 Å². The van der Waals surface area contributed by atoms with Gasteiger partial charge in [0.15, 0.2) is 0 Å². The number of anilines is 1. The molecule has 0 saturated carbocycles. The molecule has 0 saturated heterocycles. The lowest BCUT2D eigenvalue weighted by atomic mass is 10.3. The van der Waals surface area contributed by atoms with Crippen LogP contribution in [0.1, 0.15) is 15.4 Å². The van der Waals surface area contributed by atoms with Gasteiger partial charge in [-0.15, -0.1) is 11.3 Å². The van der Waals surface area contributed by atoms with Crippen molar-refractivity contribution in [2.75, 3.05) is 5.32 Å². The normalized spacial score (nSPS) is 10.9. The highest BCUT2D eigenvalue weighted by atomic mass is 32.1. The highest BCUT2D eigenvalue weighted by molar-refractivity contribution is 7.20. The van der Waals surface area contributed by atoms with Crippen molar-refractivity contribution in [3.63, 3.8) is 0 Å². The van der Waals surface area contributed by atoms with Crippen LogP contribution in [0.4, 0.5) is 10.1 Å². The summed E-state index contributed by atoms with van der Waals surface area (Å²) in [6.07, 6.45) is 0. The third kappa shape index (κ3) is 2.08. The van der Waals surface area contributed by atoms with Gasteiger partial charge in [0.25, 0.3) is 5.91 Å². The Balaban J connectivity index is 1.93. The molecule has 4 nitrogen and oxygen atoms in total. The first kappa shape index (κ1) is 12.8. The number of nitrogens with zero attached hydrogens (tertiary/aromatic N) is 2. The molecule has 3 aromatic rings. The van der Waals surface area contributed by atoms with Gasteiger partial charge in [0.1, 0.15) is 10.6 Å². The molecule has 0 aliphatic heterocycles. The first-order chi connectivity index (χ1) is 9.56. The van der Waals surface area contributed by atoms with Gasteiger partial charge in [-0.1, -0.05) is 12.1 Å². The molecule has 0 unspecified atom stereocenters. The average Bonchev–Trinajstić information content (AvgIpc) is 2.95. The quantitative estimate of drug-likeness (QED) is 0.786. The van der Waals surface area contributed by atoms with Gasteiger partial charge in [-0.2, -0.15) is 5.10 Å². The van der Waals surface area contributed by atoms with Gasteiger partial charge in [0.2, 0.25) is 0 Å². The molecule has 0 atom stereocenters. The van der Waals surface area contributed by atoms with Gasteiger partial charge in [0, 0.05) is 12.4 Å². The second-order valence-electron chi connectivity index (χ2n) is 4.47. The molecule has 1 N–H and O–H groups in total. The molecule has 0 aliphatic carbocycles. The summed E-state index contributed by atoms with van der Waals surface area (Å²) in [6.45, 7) is 1.90. The fraction of sp³-hybridized carbons (Fsp3) is 0.143. The number of nitrogens with one attached hydrogen (secondary N) is 1. The summed E-state index contributed by atoms with van der Waals surface area (Å²) in [4.78, 5) is 13.6. The van der Waals surface area contributed by atoms with Gasteiger partial charge in [-0.05, 0) is 25.1 Å². The van der Waals surface area contributed by atoms with Gasteiger partial charge in [0.05, 0.1) is 16.3 Å². The lowest BCUT2D eigenvalue weighted by Gasteiger charge is -2.04. The lowest BCUT2D eigenvalue weighted by Crippen LogP contribution is -2.11. The summed E-state index contributed by atoms with van der Waals surface area (Å²) in [5.41, 5.74) is 1.06. The molecular formula is C14H12FN3OS. The van der Waals surface area contributed by atoms with Crippen molar-refractivity contribution in [1.82, 2.24) is 9.78 Å². The molecule has 0 spiro atoms. The molecule has 2 aromatic heterocycles. The van der Waals surface area contributed by atoms with E-state index in [-0.39, 0.29) is 11.6 Å². The second-order valence-corrected chi connectivity index (χ2v) is 5.50. The van der Waals surface area contributed by atoms with Gasteiger partial charge < -0.3 is 5.32 Å². The maximum absolute atomic E-state index is 13.5. The minimum absolute atomic E-state index is 0.185. The van der Waals surface area contributed by atoms with Crippen LogP contribution in [-0.4, -0.2) is 15.7 Å². The zero-order chi connectivity index (χ0) is 14.3. The van der Waals surface area contributed by atoms with E-state index in [9.17, 15) is 9.18 Å². The molecule has 0 fully saturated rings. The minimum Gasteiger partial charge on any atom is -0.319 e. The van der Waals surface area contributed by atoms with Crippen LogP contribution in [0.15, 0.2) is 30.3 Å². The van der Waals surface area contributed by atoms with E-state index in [0.29, 0.717) is 4.88 Å². The number of thiophene rings is 1. The molecule has 20 heavy (non-hydrogen) atoms. The Hall–Kier alpha value is -2.21. The molecule has 0 radical (unpaired) electrons. The van der Waals surface area contributed by atoms with E-state index < -0.39 is 5.82 Å². The number of carbonyl (C=O) groups excluding carboxylic acids is 1. The van der Waals surface area contributed by atoms with Gasteiger partial charge >= 0.3 is 0 Å². The van der Waals surface area contributed by atoms with Crippen LogP contribution in [0.3, 0.4) is 0 Å². The second kappa shape index (κ2) is 4.72. The molecule has 2 heterocycles. The van der Waals surface area contributed by atoms with Crippen LogP contribution in [0, 0.1) is 12.7 Å². The SMILES string of the molecule is Cc1nn(C)c2sc(C(=O)Nc3ccccc3F)cc12. The zero-order valence-corrected chi connectivity index (χ0v) is 11.8. The molecule has 1 aromatic carbocycles. The Bertz CT molecular complexity index is 771. The maximum atomic E-state index is 13.5. The molecule has 1 amide bonds. The first-order valence-corrected chi connectivity index (χ1v) is 6.87. The summed E-state index contributed by atoms with van der Waals surface area (Å²) < 4.78 is 15.3. The Morgan fingerprint density at radius 3 is 2.85 bits per heavy atom. The van der Waals surface area contributed by atoms with E-state index in [1.807, 2.05) is 14.0 Å². The van der Waals surface area contributed by atoms with Crippen LogP contribution < -0.4 is 5.32 Å². The van der Waals surface area contributed by atoms with Crippen LogP contribution in [0.5, 0.6) is 0 Å². The van der Waals surface area contributed by atoms with E-state index >= 15 is 0 Å². The minimum atomic E-state index is -0.445. The van der Waals surface area contributed by atoms with Crippen LogP contribution in [0.2, 0.25) is 0 Å². The van der Waals surface area contributed by atoms with Crippen LogP contribution in [0.25, 0.3) is 10.2 Å². The number of carbonyl (C=O) groups is 1. The third-order valence-electron chi connectivity index (χ3n) is 3.04. The predicted octanol–water partition coefficient (Wildman–Crippen LogP) is 3.33. The van der Waals surface area contributed by atoms with Crippen molar-refractivity contribution in [2.24, 2.45) is 7.05 Å². The number of amides is 1. The van der Waals surface area contributed by atoms with Crippen molar-refractivity contribution in [3.8, 4) is 0 Å². The summed E-state index contributed by atoms with van der Waals surface area (Å²) in [7, 11) is 1.84. The van der Waals surface area contributed by atoms with E-state index in [4.69, 9.17) is 0 Å². The topological polar surface area (TPSA) is 46.9 Å². The number of hydrogen-bond donors (Lipinski definition) is 1. The standard InChI is InChI=1S/C14H12FN3OS/c1-8-9-7-12(20-14(9)18(2)17-8)13(19)16-11-6-4-3-5-10(11)15/h3-7H,1-2H3,(H,16,19). The van der Waals surface area contributed by atoms with E-state index in [0.717, 1.165) is 15.9 Å². The molecule has 102 valence electrons. The number of halogens is 1. The molecule has 6 heteroatoms. The Kier molecular flexibility index (Phi) is 3.02. The lowest BCUT2D eigenvalue weighted by molar-refractivity contribution is 0.103. The first-order valence-electron chi connectivity index (χ1n) is 6.05. The fourth-order valence-electron chi connectivity index (χ4n) is 2.06. The number of fused-ring (bicyclic) bond motifs is 1. The number of benzene rings is 1. The van der Waals surface area contributed by atoms with Crippen LogP contribution in [-0.2, 0) is 7.05 Å². The highest BCUT2D eigenvalue weighted by Gasteiger charge is 2.16. The molecule has 3 rings (SSSR count).